The van der Waals surface area contributed by atoms with Crippen LogP contribution in [0.2, 0.25) is 5.15 Å². The lowest BCUT2D eigenvalue weighted by Gasteiger charge is -2.12. The van der Waals surface area contributed by atoms with E-state index in [4.69, 9.17) is 30.5 Å². The molecule has 2 aromatic heterocycles. The van der Waals surface area contributed by atoms with Gasteiger partial charge in [-0.05, 0) is 64.7 Å². The van der Waals surface area contributed by atoms with Crippen LogP contribution in [0.4, 0.5) is 11.4 Å². The highest BCUT2D eigenvalue weighted by molar-refractivity contribution is 6.59. The maximum Gasteiger partial charge on any atom is 0.492 e. The number of para-hydroxylation sites is 2. The first-order chi connectivity index (χ1) is 33.0. The maximum absolute atomic E-state index is 11.3. The molecule has 344 valence electrons. The van der Waals surface area contributed by atoms with E-state index in [1.165, 1.54) is 39.0 Å². The number of benzene rings is 6. The highest BCUT2D eigenvalue weighted by Crippen LogP contribution is 2.32. The van der Waals surface area contributed by atoms with Crippen LogP contribution in [-0.2, 0) is 26.1 Å². The van der Waals surface area contributed by atoms with Crippen LogP contribution in [-0.4, -0.2) is 61.2 Å². The molecule has 0 aliphatic carbocycles. The SMILES string of the molecule is COc1ccc(Cc2cc(-c3ccccc3OCc3ccccc3)ncn2)cc1[N+](=O)[O-].COc1ccc(Cc2cc(Cl)ncn2)cc1[N+](=O)[O-].OB(O)c1ccccc1OCc1ccccc1. The molecule has 0 amide bonds. The molecular weight excluding hydrogens is 891 g/mol. The molecule has 6 aromatic carbocycles. The number of methoxy groups -OCH3 is 2. The van der Waals surface area contributed by atoms with Crippen molar-refractivity contribution in [1.29, 1.82) is 0 Å². The molecular formula is C50H44BClN6O10. The molecule has 18 heteroatoms. The van der Waals surface area contributed by atoms with Gasteiger partial charge in [0.25, 0.3) is 0 Å². The fourth-order valence-electron chi connectivity index (χ4n) is 6.60. The number of nitro groups is 2. The van der Waals surface area contributed by atoms with Gasteiger partial charge in [0.2, 0.25) is 0 Å². The Balaban J connectivity index is 0.000000181. The third kappa shape index (κ3) is 14.4. The number of aromatic nitrogens is 4. The van der Waals surface area contributed by atoms with Crippen molar-refractivity contribution in [3.8, 4) is 34.3 Å². The normalized spacial score (nSPS) is 10.3. The first-order valence-electron chi connectivity index (χ1n) is 20.8. The molecule has 0 aliphatic heterocycles. The van der Waals surface area contributed by atoms with E-state index in [1.807, 2.05) is 91.0 Å². The summed E-state index contributed by atoms with van der Waals surface area (Å²) < 4.78 is 21.6. The second-order valence-corrected chi connectivity index (χ2v) is 15.0. The molecule has 8 aromatic rings. The van der Waals surface area contributed by atoms with Crippen molar-refractivity contribution in [2.24, 2.45) is 0 Å². The number of rotatable bonds is 16. The summed E-state index contributed by atoms with van der Waals surface area (Å²) in [7, 11) is 1.30. The Bertz CT molecular complexity index is 2920. The fraction of sp³-hybridized carbons (Fsp3) is 0.120. The summed E-state index contributed by atoms with van der Waals surface area (Å²) in [5.41, 5.74) is 6.88. The van der Waals surface area contributed by atoms with Gasteiger partial charge in [-0.1, -0.05) is 115 Å². The number of halogens is 1. The van der Waals surface area contributed by atoms with E-state index in [9.17, 15) is 30.3 Å². The molecule has 0 aliphatic rings. The Morgan fingerprint density at radius 1 is 0.529 bits per heavy atom. The van der Waals surface area contributed by atoms with E-state index in [2.05, 4.69) is 19.9 Å². The average molecular weight is 935 g/mol. The van der Waals surface area contributed by atoms with Crippen molar-refractivity contribution in [2.45, 2.75) is 26.1 Å². The summed E-state index contributed by atoms with van der Waals surface area (Å²) >= 11 is 5.76. The Kier molecular flexibility index (Phi) is 18.0. The van der Waals surface area contributed by atoms with Crippen LogP contribution in [0.3, 0.4) is 0 Å². The molecule has 8 rings (SSSR count). The molecule has 0 radical (unpaired) electrons. The van der Waals surface area contributed by atoms with Crippen molar-refractivity contribution >= 4 is 35.6 Å². The van der Waals surface area contributed by atoms with Crippen molar-refractivity contribution in [3.63, 3.8) is 0 Å². The zero-order valence-electron chi connectivity index (χ0n) is 36.8. The summed E-state index contributed by atoms with van der Waals surface area (Å²) in [6, 6.07) is 47.5. The van der Waals surface area contributed by atoms with E-state index in [-0.39, 0.29) is 22.9 Å². The summed E-state index contributed by atoms with van der Waals surface area (Å²) in [5.74, 6) is 1.67. The molecule has 0 spiro atoms. The van der Waals surface area contributed by atoms with Gasteiger partial charge in [-0.3, -0.25) is 20.2 Å². The van der Waals surface area contributed by atoms with Crippen LogP contribution in [0.5, 0.6) is 23.0 Å². The second-order valence-electron chi connectivity index (χ2n) is 14.6. The molecule has 2 heterocycles. The molecule has 0 saturated heterocycles. The van der Waals surface area contributed by atoms with E-state index in [0.717, 1.165) is 45.0 Å². The Morgan fingerprint density at radius 3 is 1.51 bits per heavy atom. The molecule has 0 fully saturated rings. The zero-order valence-corrected chi connectivity index (χ0v) is 37.5. The minimum atomic E-state index is -1.51. The van der Waals surface area contributed by atoms with Crippen LogP contribution >= 0.6 is 11.6 Å². The van der Waals surface area contributed by atoms with Crippen LogP contribution in [0.15, 0.2) is 170 Å². The number of hydrogen-bond acceptors (Lipinski definition) is 14. The van der Waals surface area contributed by atoms with E-state index in [0.29, 0.717) is 48.1 Å². The third-order valence-corrected chi connectivity index (χ3v) is 10.1. The fourth-order valence-corrected chi connectivity index (χ4v) is 6.77. The van der Waals surface area contributed by atoms with E-state index < -0.39 is 17.0 Å². The standard InChI is InChI=1S/C25H21N3O4.C13H13BO3.C12H10ClN3O3/c1-31-25-12-11-19(14-23(25)28(29)30)13-20-15-22(27-17-26-20)21-9-5-6-10-24(21)32-16-18-7-3-2-4-8-18;15-14(16)12-8-4-5-9-13(12)17-10-11-6-2-1-3-7-11;1-19-11-3-2-8(5-10(11)16(17)18)4-9-6-12(13)15-7-14-9/h2-12,14-15,17H,13,16H2,1H3;1-9,15-16H,10H2;2-3,5-7H,4H2,1H3. The Hall–Kier alpha value is -8.25. The maximum atomic E-state index is 11.3. The van der Waals surface area contributed by atoms with Gasteiger partial charge < -0.3 is 29.0 Å². The predicted molar refractivity (Wildman–Crippen MR) is 257 cm³/mol. The predicted octanol–water partition coefficient (Wildman–Crippen LogP) is 8.81. The molecule has 0 saturated carbocycles. The van der Waals surface area contributed by atoms with Crippen LogP contribution < -0.4 is 24.4 Å². The van der Waals surface area contributed by atoms with Gasteiger partial charge >= 0.3 is 18.5 Å². The minimum absolute atomic E-state index is 0.0693. The lowest BCUT2D eigenvalue weighted by atomic mass is 9.79. The molecule has 68 heavy (non-hydrogen) atoms. The van der Waals surface area contributed by atoms with Gasteiger partial charge in [-0.15, -0.1) is 0 Å². The number of nitro benzene ring substituents is 2. The van der Waals surface area contributed by atoms with Crippen LogP contribution in [0.25, 0.3) is 11.3 Å². The third-order valence-electron chi connectivity index (χ3n) is 9.90. The monoisotopic (exact) mass is 934 g/mol. The highest BCUT2D eigenvalue weighted by atomic mass is 35.5. The number of hydrogen-bond donors (Lipinski definition) is 2. The van der Waals surface area contributed by atoms with Gasteiger partial charge in [0.05, 0.1) is 29.8 Å². The second kappa shape index (κ2) is 24.9. The number of nitrogens with zero attached hydrogens (tertiary/aromatic N) is 6. The topological polar surface area (TPSA) is 215 Å². The first kappa shape index (κ1) is 49.2. The summed E-state index contributed by atoms with van der Waals surface area (Å²) in [6.45, 7) is 0.857. The summed E-state index contributed by atoms with van der Waals surface area (Å²) in [5, 5.41) is 40.9. The number of ether oxygens (including phenoxy) is 4. The molecule has 0 bridgehead atoms. The molecule has 0 atom stereocenters. The Morgan fingerprint density at radius 2 is 1.00 bits per heavy atom. The minimum Gasteiger partial charge on any atom is -0.490 e. The molecule has 16 nitrogen and oxygen atoms in total. The van der Waals surface area contributed by atoms with Gasteiger partial charge in [-0.25, -0.2) is 19.9 Å². The highest BCUT2D eigenvalue weighted by Gasteiger charge is 2.18. The average Bonchev–Trinajstić information content (AvgIpc) is 3.36. The van der Waals surface area contributed by atoms with Crippen LogP contribution in [0.1, 0.15) is 33.6 Å². The van der Waals surface area contributed by atoms with Crippen molar-refractivity contribution in [2.75, 3.05) is 14.2 Å². The molecule has 0 unspecified atom stereocenters. The Labute approximate surface area is 396 Å². The van der Waals surface area contributed by atoms with Crippen molar-refractivity contribution in [1.82, 2.24) is 19.9 Å². The lowest BCUT2D eigenvalue weighted by Crippen LogP contribution is -2.31. The van der Waals surface area contributed by atoms with Crippen molar-refractivity contribution in [3.05, 3.63) is 229 Å². The van der Waals surface area contributed by atoms with Crippen LogP contribution in [0, 0.1) is 20.2 Å². The van der Waals surface area contributed by atoms with Gasteiger partial charge in [0.1, 0.15) is 42.5 Å². The zero-order chi connectivity index (χ0) is 48.3. The van der Waals surface area contributed by atoms with Gasteiger partial charge in [0, 0.05) is 47.4 Å². The van der Waals surface area contributed by atoms with E-state index >= 15 is 0 Å². The van der Waals surface area contributed by atoms with Crippen molar-refractivity contribution < 1.29 is 38.8 Å². The lowest BCUT2D eigenvalue weighted by molar-refractivity contribution is -0.385. The quantitative estimate of drug-likeness (QED) is 0.0401. The van der Waals surface area contributed by atoms with Gasteiger partial charge in [0.15, 0.2) is 11.5 Å². The van der Waals surface area contributed by atoms with Gasteiger partial charge in [-0.2, -0.15) is 0 Å². The molecule has 2 N–H and O–H groups in total. The first-order valence-corrected chi connectivity index (χ1v) is 21.2. The van der Waals surface area contributed by atoms with E-state index in [1.54, 1.807) is 54.6 Å². The smallest absolute Gasteiger partial charge is 0.490 e. The summed E-state index contributed by atoms with van der Waals surface area (Å²) in [6.07, 6.45) is 3.71. The summed E-state index contributed by atoms with van der Waals surface area (Å²) in [4.78, 5) is 37.9. The largest absolute Gasteiger partial charge is 0.492 e.